The van der Waals surface area contributed by atoms with E-state index in [0.29, 0.717) is 6.54 Å². The van der Waals surface area contributed by atoms with Crippen LogP contribution >= 0.6 is 0 Å². The van der Waals surface area contributed by atoms with E-state index in [0.717, 1.165) is 17.0 Å². The van der Waals surface area contributed by atoms with Crippen LogP contribution in [0.4, 0.5) is 0 Å². The number of carboxylic acid groups (broad SMARTS) is 1. The third-order valence-electron chi connectivity index (χ3n) is 3.46. The predicted molar refractivity (Wildman–Crippen MR) is 55.6 cm³/mol. The van der Waals surface area contributed by atoms with Gasteiger partial charge in [-0.1, -0.05) is 0 Å². The normalized spacial score (nSPS) is 32.4. The van der Waals surface area contributed by atoms with Gasteiger partial charge in [-0.2, -0.15) is 4.31 Å². The molecule has 0 bridgehead atoms. The number of fused-ring (bicyclic) bond motifs is 1. The van der Waals surface area contributed by atoms with Gasteiger partial charge in [0.1, 0.15) is 17.2 Å². The molecule has 0 spiro atoms. The maximum atomic E-state index is 12.2. The Bertz CT molecular complexity index is 549. The average molecular weight is 257 g/mol. The maximum absolute atomic E-state index is 12.2. The van der Waals surface area contributed by atoms with Crippen LogP contribution in [0.1, 0.15) is 6.42 Å². The van der Waals surface area contributed by atoms with Crippen molar-refractivity contribution in [1.82, 2.24) is 4.31 Å². The van der Waals surface area contributed by atoms with Crippen molar-refractivity contribution in [3.05, 3.63) is 18.6 Å². The second kappa shape index (κ2) is 3.33. The van der Waals surface area contributed by atoms with Crippen molar-refractivity contribution >= 4 is 16.0 Å². The minimum atomic E-state index is -3.73. The van der Waals surface area contributed by atoms with E-state index in [9.17, 15) is 13.2 Å². The lowest BCUT2D eigenvalue weighted by atomic mass is 10.2. The van der Waals surface area contributed by atoms with Crippen molar-refractivity contribution in [2.45, 2.75) is 17.4 Å². The van der Waals surface area contributed by atoms with Crippen LogP contribution in [0.5, 0.6) is 0 Å². The molecule has 2 heterocycles. The van der Waals surface area contributed by atoms with Gasteiger partial charge < -0.3 is 9.52 Å². The van der Waals surface area contributed by atoms with E-state index in [4.69, 9.17) is 9.52 Å². The van der Waals surface area contributed by atoms with Crippen LogP contribution in [0.15, 0.2) is 27.9 Å². The number of hydrogen-bond acceptors (Lipinski definition) is 4. The highest BCUT2D eigenvalue weighted by atomic mass is 32.2. The van der Waals surface area contributed by atoms with E-state index in [1.165, 1.54) is 12.3 Å². The number of rotatable bonds is 3. The summed E-state index contributed by atoms with van der Waals surface area (Å²) in [4.78, 5) is 11.2. The third-order valence-corrected chi connectivity index (χ3v) is 5.28. The molecule has 1 N–H and O–H groups in total. The summed E-state index contributed by atoms with van der Waals surface area (Å²) >= 11 is 0. The molecule has 17 heavy (non-hydrogen) atoms. The summed E-state index contributed by atoms with van der Waals surface area (Å²) in [6.07, 6.45) is 3.20. The van der Waals surface area contributed by atoms with Gasteiger partial charge in [0.25, 0.3) is 0 Å². The van der Waals surface area contributed by atoms with Gasteiger partial charge in [-0.25, -0.2) is 8.42 Å². The van der Waals surface area contributed by atoms with E-state index in [1.807, 2.05) is 0 Å². The van der Waals surface area contributed by atoms with Gasteiger partial charge in [-0.05, 0) is 24.3 Å². The molecule has 6 nitrogen and oxygen atoms in total. The standard InChI is InChI=1S/C10H11NO5S/c12-10(13)9-8-3-6(8)4-11(9)17(14,15)7-1-2-16-5-7/h1-2,5-6,8-9H,3-4H2,(H,12,13)/t6-,8-,9+/m1/s1. The monoisotopic (exact) mass is 257 g/mol. The Balaban J connectivity index is 1.97. The molecule has 1 aromatic heterocycles. The van der Waals surface area contributed by atoms with Crippen molar-refractivity contribution in [3.63, 3.8) is 0 Å². The lowest BCUT2D eigenvalue weighted by Crippen LogP contribution is -2.43. The zero-order valence-electron chi connectivity index (χ0n) is 8.81. The summed E-state index contributed by atoms with van der Waals surface area (Å²) in [5, 5.41) is 9.11. The van der Waals surface area contributed by atoms with Gasteiger partial charge >= 0.3 is 5.97 Å². The molecule has 1 aromatic rings. The molecule has 0 aromatic carbocycles. The van der Waals surface area contributed by atoms with Crippen LogP contribution in [-0.4, -0.2) is 36.4 Å². The summed E-state index contributed by atoms with van der Waals surface area (Å²) < 4.78 is 30.2. The predicted octanol–water partition coefficient (Wildman–Crippen LogP) is 0.373. The van der Waals surface area contributed by atoms with Crippen molar-refractivity contribution in [2.75, 3.05) is 6.54 Å². The highest BCUT2D eigenvalue weighted by Gasteiger charge is 2.59. The first-order valence-corrected chi connectivity index (χ1v) is 6.72. The highest BCUT2D eigenvalue weighted by Crippen LogP contribution is 2.51. The van der Waals surface area contributed by atoms with Gasteiger partial charge in [-0.3, -0.25) is 4.79 Å². The molecule has 0 unspecified atom stereocenters. The zero-order chi connectivity index (χ0) is 12.2. The molecule has 2 aliphatic rings. The Labute approximate surface area is 97.9 Å². The second-order valence-electron chi connectivity index (χ2n) is 4.48. The molecule has 1 saturated carbocycles. The summed E-state index contributed by atoms with van der Waals surface area (Å²) in [6, 6.07) is 0.415. The van der Waals surface area contributed by atoms with Crippen LogP contribution in [0.2, 0.25) is 0 Å². The summed E-state index contributed by atoms with van der Waals surface area (Å²) in [5.41, 5.74) is 0. The quantitative estimate of drug-likeness (QED) is 0.845. The van der Waals surface area contributed by atoms with Gasteiger partial charge in [0.15, 0.2) is 0 Å². The lowest BCUT2D eigenvalue weighted by Gasteiger charge is -2.22. The van der Waals surface area contributed by atoms with E-state index < -0.39 is 22.0 Å². The van der Waals surface area contributed by atoms with Crippen molar-refractivity contribution in [2.24, 2.45) is 11.8 Å². The maximum Gasteiger partial charge on any atom is 0.322 e. The first-order chi connectivity index (χ1) is 8.01. The smallest absolute Gasteiger partial charge is 0.322 e. The first-order valence-electron chi connectivity index (χ1n) is 5.28. The number of carbonyl (C=O) groups is 1. The summed E-state index contributed by atoms with van der Waals surface area (Å²) in [5.74, 6) is -0.881. The molecule has 3 atom stereocenters. The molecule has 0 amide bonds. The number of furan rings is 1. The fourth-order valence-corrected chi connectivity index (χ4v) is 4.12. The number of piperidine rings is 1. The Hall–Kier alpha value is -1.34. The molecule has 1 saturated heterocycles. The lowest BCUT2D eigenvalue weighted by molar-refractivity contribution is -0.141. The van der Waals surface area contributed by atoms with Gasteiger partial charge in [-0.15, -0.1) is 0 Å². The zero-order valence-corrected chi connectivity index (χ0v) is 9.63. The Morgan fingerprint density at radius 3 is 2.88 bits per heavy atom. The third kappa shape index (κ3) is 1.49. The van der Waals surface area contributed by atoms with Crippen LogP contribution in [0.3, 0.4) is 0 Å². The van der Waals surface area contributed by atoms with E-state index in [1.54, 1.807) is 0 Å². The molecule has 0 radical (unpaired) electrons. The largest absolute Gasteiger partial charge is 0.480 e. The van der Waals surface area contributed by atoms with Crippen molar-refractivity contribution in [3.8, 4) is 0 Å². The molecular weight excluding hydrogens is 246 g/mol. The second-order valence-corrected chi connectivity index (χ2v) is 6.37. The average Bonchev–Trinajstić information content (AvgIpc) is 2.74. The van der Waals surface area contributed by atoms with Gasteiger partial charge in [0.05, 0.1) is 6.26 Å². The minimum absolute atomic E-state index is 0.0186. The fraction of sp³-hybridized carbons (Fsp3) is 0.500. The highest BCUT2D eigenvalue weighted by molar-refractivity contribution is 7.89. The molecule has 1 aliphatic heterocycles. The van der Waals surface area contributed by atoms with Gasteiger partial charge in [0.2, 0.25) is 10.0 Å². The topological polar surface area (TPSA) is 87.8 Å². The first kappa shape index (κ1) is 10.8. The van der Waals surface area contributed by atoms with Crippen molar-refractivity contribution in [1.29, 1.82) is 0 Å². The number of hydrogen-bond donors (Lipinski definition) is 1. The van der Waals surface area contributed by atoms with Crippen molar-refractivity contribution < 1.29 is 22.7 Å². The van der Waals surface area contributed by atoms with Crippen LogP contribution in [-0.2, 0) is 14.8 Å². The van der Waals surface area contributed by atoms with Gasteiger partial charge in [0, 0.05) is 6.54 Å². The summed E-state index contributed by atoms with van der Waals surface area (Å²) in [7, 11) is -3.73. The minimum Gasteiger partial charge on any atom is -0.480 e. The molecule has 92 valence electrons. The van der Waals surface area contributed by atoms with E-state index >= 15 is 0 Å². The Morgan fingerprint density at radius 2 is 2.29 bits per heavy atom. The number of aliphatic carboxylic acids is 1. The van der Waals surface area contributed by atoms with E-state index in [-0.39, 0.29) is 16.7 Å². The molecular formula is C10H11NO5S. The Kier molecular flexibility index (Phi) is 2.11. The van der Waals surface area contributed by atoms with Crippen LogP contribution in [0.25, 0.3) is 0 Å². The molecule has 3 rings (SSSR count). The number of sulfonamides is 1. The SMILES string of the molecule is O=C(O)[C@@H]1[C@@H]2C[C@@H]2CN1S(=O)(=O)c1ccoc1. The molecule has 2 fully saturated rings. The summed E-state index contributed by atoms with van der Waals surface area (Å²) in [6.45, 7) is 0.301. The van der Waals surface area contributed by atoms with Crippen LogP contribution < -0.4 is 0 Å². The molecule has 7 heteroatoms. The number of nitrogens with zero attached hydrogens (tertiary/aromatic N) is 1. The van der Waals surface area contributed by atoms with Crippen LogP contribution in [0, 0.1) is 11.8 Å². The fourth-order valence-electron chi connectivity index (χ4n) is 2.51. The Morgan fingerprint density at radius 1 is 1.53 bits per heavy atom. The molecule has 1 aliphatic carbocycles. The van der Waals surface area contributed by atoms with E-state index in [2.05, 4.69) is 0 Å². The number of carboxylic acids is 1.